The maximum atomic E-state index is 15.0. The molecule has 0 bridgehead atoms. The third kappa shape index (κ3) is 5.33. The second kappa shape index (κ2) is 13.7. The molecule has 0 radical (unpaired) electrons. The molecular formula is C58H38F2N2S2. The molecule has 4 heterocycles. The quantitative estimate of drug-likeness (QED) is 0.167. The number of para-hydroxylation sites is 2. The molecule has 0 atom stereocenters. The predicted molar refractivity (Wildman–Crippen MR) is 270 cm³/mol. The summed E-state index contributed by atoms with van der Waals surface area (Å²) in [7, 11) is 0. The van der Waals surface area contributed by atoms with Crippen LogP contribution < -0.4 is 0 Å². The number of fused-ring (bicyclic) bond motifs is 14. The highest BCUT2D eigenvalue weighted by molar-refractivity contribution is 7.26. The predicted octanol–water partition coefficient (Wildman–Crippen LogP) is 17.5. The Kier molecular flexibility index (Phi) is 8.01. The summed E-state index contributed by atoms with van der Waals surface area (Å²) < 4.78 is 39.9. The average Bonchev–Trinajstić information content (AvgIpc) is 4.06. The van der Waals surface area contributed by atoms with Crippen LogP contribution in [0.4, 0.5) is 8.78 Å². The lowest BCUT2D eigenvalue weighted by atomic mass is 9.79. The number of thiophene rings is 2. The molecule has 0 aliphatic carbocycles. The van der Waals surface area contributed by atoms with Crippen LogP contribution in [0.25, 0.3) is 118 Å². The van der Waals surface area contributed by atoms with Gasteiger partial charge in [0.2, 0.25) is 0 Å². The number of halogens is 2. The minimum atomic E-state index is -0.483. The second-order valence-corrected chi connectivity index (χ2v) is 20.0. The summed E-state index contributed by atoms with van der Waals surface area (Å²) in [5.41, 5.74) is 10.7. The molecule has 9 aromatic carbocycles. The highest BCUT2D eigenvalue weighted by Crippen LogP contribution is 2.52. The SMILES string of the molecule is CC(C)(C)c1c(-n2c3ccccc3c3c4c(ccc32)sc2ccccc24)c(-c2ccc(F)cc2)cc(-c2ccc(F)cc2)c1-n1c2ccccc2c2c3c(ccc21)sc1ccccc13. The highest BCUT2D eigenvalue weighted by Gasteiger charge is 2.33. The van der Waals surface area contributed by atoms with E-state index in [1.165, 1.54) is 61.9 Å². The molecule has 2 nitrogen and oxygen atoms in total. The molecule has 0 saturated carbocycles. The fourth-order valence-corrected chi connectivity index (χ4v) is 12.8. The van der Waals surface area contributed by atoms with Gasteiger partial charge in [-0.15, -0.1) is 22.7 Å². The summed E-state index contributed by atoms with van der Waals surface area (Å²) in [4.78, 5) is 0. The van der Waals surface area contributed by atoms with Gasteiger partial charge in [-0.2, -0.15) is 0 Å². The summed E-state index contributed by atoms with van der Waals surface area (Å²) in [6, 6.07) is 60.2. The standard InChI is InChI=1S/C58H38F2N2S2/c1-58(2,3)55-56(61-43-16-8-4-12-37(43)51-45(61)28-30-49-53(51)39-14-6-10-18-47(39)63-49)41(33-20-24-35(59)25-21-33)32-42(34-22-26-36(60)27-23-34)57(55)62-44-17-9-5-13-38(44)52-46(62)29-31-50-54(52)40-15-7-11-19-48(40)64-50/h4-32H,1-3H3. The van der Waals surface area contributed by atoms with Gasteiger partial charge in [-0.05, 0) is 95.4 Å². The van der Waals surface area contributed by atoms with Crippen LogP contribution in [0.5, 0.6) is 0 Å². The van der Waals surface area contributed by atoms with Crippen LogP contribution in [0.3, 0.4) is 0 Å². The Morgan fingerprint density at radius 1 is 0.375 bits per heavy atom. The minimum Gasteiger partial charge on any atom is -0.308 e. The Balaban J connectivity index is 1.29. The molecule has 64 heavy (non-hydrogen) atoms. The normalized spacial score (nSPS) is 12.5. The third-order valence-electron chi connectivity index (χ3n) is 13.1. The Hall–Kier alpha value is -7.12. The molecule has 13 rings (SSSR count). The zero-order chi connectivity index (χ0) is 43.0. The van der Waals surface area contributed by atoms with Gasteiger partial charge >= 0.3 is 0 Å². The number of rotatable bonds is 4. The minimum absolute atomic E-state index is 0.294. The van der Waals surface area contributed by atoms with Gasteiger partial charge in [-0.25, -0.2) is 8.78 Å². The maximum absolute atomic E-state index is 15.0. The van der Waals surface area contributed by atoms with Crippen molar-refractivity contribution in [2.75, 3.05) is 0 Å². The molecule has 0 spiro atoms. The molecule has 0 aliphatic rings. The molecule has 13 aromatic rings. The third-order valence-corrected chi connectivity index (χ3v) is 15.4. The number of hydrogen-bond donors (Lipinski definition) is 0. The smallest absolute Gasteiger partial charge is 0.123 e. The van der Waals surface area contributed by atoms with E-state index < -0.39 is 5.41 Å². The Morgan fingerprint density at radius 3 is 1.19 bits per heavy atom. The van der Waals surface area contributed by atoms with Crippen molar-refractivity contribution in [3.05, 3.63) is 193 Å². The van der Waals surface area contributed by atoms with E-state index in [0.717, 1.165) is 61.3 Å². The van der Waals surface area contributed by atoms with Crippen LogP contribution >= 0.6 is 22.7 Å². The second-order valence-electron chi connectivity index (χ2n) is 17.9. The number of hydrogen-bond acceptors (Lipinski definition) is 2. The first-order valence-electron chi connectivity index (χ1n) is 21.6. The molecule has 0 saturated heterocycles. The summed E-state index contributed by atoms with van der Waals surface area (Å²) in [5.74, 6) is -0.587. The first-order chi connectivity index (χ1) is 31.2. The molecule has 0 unspecified atom stereocenters. The largest absolute Gasteiger partial charge is 0.308 e. The Bertz CT molecular complexity index is 3810. The van der Waals surface area contributed by atoms with Crippen LogP contribution in [0.15, 0.2) is 176 Å². The molecule has 0 N–H and O–H groups in total. The highest BCUT2D eigenvalue weighted by atomic mass is 32.1. The van der Waals surface area contributed by atoms with E-state index in [0.29, 0.717) is 0 Å². The summed E-state index contributed by atoms with van der Waals surface area (Å²) in [6.45, 7) is 6.90. The van der Waals surface area contributed by atoms with Crippen LogP contribution in [-0.2, 0) is 5.41 Å². The molecule has 306 valence electrons. The van der Waals surface area contributed by atoms with Gasteiger partial charge in [-0.3, -0.25) is 0 Å². The van der Waals surface area contributed by atoms with Crippen LogP contribution in [-0.4, -0.2) is 9.13 Å². The zero-order valence-corrected chi connectivity index (χ0v) is 36.8. The van der Waals surface area contributed by atoms with E-state index in [9.17, 15) is 8.78 Å². The first-order valence-corrected chi connectivity index (χ1v) is 23.3. The molecule has 0 aliphatic heterocycles. The van der Waals surface area contributed by atoms with Crippen molar-refractivity contribution in [2.24, 2.45) is 0 Å². The van der Waals surface area contributed by atoms with Gasteiger partial charge < -0.3 is 9.13 Å². The molecule has 0 fully saturated rings. The zero-order valence-electron chi connectivity index (χ0n) is 35.2. The fraction of sp³-hybridized carbons (Fsp3) is 0.0690. The summed E-state index contributed by atoms with van der Waals surface area (Å²) in [6.07, 6.45) is 0. The topological polar surface area (TPSA) is 9.86 Å². The van der Waals surface area contributed by atoms with E-state index in [4.69, 9.17) is 0 Å². The van der Waals surface area contributed by atoms with Crippen molar-refractivity contribution < 1.29 is 8.78 Å². The van der Waals surface area contributed by atoms with Crippen molar-refractivity contribution in [1.29, 1.82) is 0 Å². The van der Waals surface area contributed by atoms with Crippen molar-refractivity contribution in [3.63, 3.8) is 0 Å². The lowest BCUT2D eigenvalue weighted by molar-refractivity contribution is 0.585. The Morgan fingerprint density at radius 2 is 0.766 bits per heavy atom. The average molecular weight is 865 g/mol. The van der Waals surface area contributed by atoms with Crippen molar-refractivity contribution in [2.45, 2.75) is 26.2 Å². The van der Waals surface area contributed by atoms with Gasteiger partial charge in [-0.1, -0.05) is 118 Å². The maximum Gasteiger partial charge on any atom is 0.123 e. The van der Waals surface area contributed by atoms with Crippen molar-refractivity contribution in [1.82, 2.24) is 9.13 Å². The molecule has 0 amide bonds. The lowest BCUT2D eigenvalue weighted by Gasteiger charge is -2.32. The number of benzene rings is 9. The van der Waals surface area contributed by atoms with E-state index in [1.807, 2.05) is 46.9 Å². The van der Waals surface area contributed by atoms with E-state index in [1.54, 1.807) is 24.3 Å². The van der Waals surface area contributed by atoms with E-state index in [-0.39, 0.29) is 11.6 Å². The molecule has 4 aromatic heterocycles. The molecular weight excluding hydrogens is 827 g/mol. The van der Waals surface area contributed by atoms with Crippen LogP contribution in [0.2, 0.25) is 0 Å². The van der Waals surface area contributed by atoms with Gasteiger partial charge in [0.1, 0.15) is 11.6 Å². The lowest BCUT2D eigenvalue weighted by Crippen LogP contribution is -2.21. The van der Waals surface area contributed by atoms with Crippen LogP contribution in [0.1, 0.15) is 26.3 Å². The van der Waals surface area contributed by atoms with Gasteiger partial charge in [0.15, 0.2) is 0 Å². The summed E-state index contributed by atoms with van der Waals surface area (Å²) in [5, 5.41) is 9.77. The molecule has 6 heteroatoms. The van der Waals surface area contributed by atoms with Crippen LogP contribution in [0, 0.1) is 11.6 Å². The van der Waals surface area contributed by atoms with Crippen molar-refractivity contribution >= 4 is 107 Å². The first kappa shape index (κ1) is 37.4. The fourth-order valence-electron chi connectivity index (χ4n) is 10.6. The van der Waals surface area contributed by atoms with E-state index >= 15 is 0 Å². The number of nitrogens with zero attached hydrogens (tertiary/aromatic N) is 2. The summed E-state index contributed by atoms with van der Waals surface area (Å²) >= 11 is 3.66. The van der Waals surface area contributed by atoms with Gasteiger partial charge in [0.05, 0.1) is 33.4 Å². The monoisotopic (exact) mass is 864 g/mol. The van der Waals surface area contributed by atoms with E-state index in [2.05, 4.69) is 157 Å². The van der Waals surface area contributed by atoms with Gasteiger partial charge in [0, 0.05) is 78.6 Å². The van der Waals surface area contributed by atoms with Gasteiger partial charge in [0.25, 0.3) is 0 Å². The van der Waals surface area contributed by atoms with Crippen molar-refractivity contribution in [3.8, 4) is 33.6 Å². The number of aromatic nitrogens is 2. The Labute approximate surface area is 375 Å².